The number of hydrogen-bond acceptors (Lipinski definition) is 4. The number of aromatic nitrogens is 5. The number of fused-ring (bicyclic) bond motifs is 1. The highest BCUT2D eigenvalue weighted by molar-refractivity contribution is 6.04. The van der Waals surface area contributed by atoms with E-state index in [1.54, 1.807) is 12.3 Å². The molecule has 7 heteroatoms. The van der Waals surface area contributed by atoms with Crippen LogP contribution >= 0.6 is 0 Å². The Morgan fingerprint density at radius 1 is 1.16 bits per heavy atom. The molecule has 3 heterocycles. The molecule has 3 N–H and O–H groups in total. The summed E-state index contributed by atoms with van der Waals surface area (Å²) in [6.07, 6.45) is 2.52. The van der Waals surface area contributed by atoms with Crippen molar-refractivity contribution in [1.29, 1.82) is 0 Å². The van der Waals surface area contributed by atoms with E-state index in [4.69, 9.17) is 0 Å². The molecule has 0 aliphatic carbocycles. The molecular formula is C18H16N6O. The van der Waals surface area contributed by atoms with Gasteiger partial charge in [0.15, 0.2) is 0 Å². The summed E-state index contributed by atoms with van der Waals surface area (Å²) in [4.78, 5) is 24.3. The van der Waals surface area contributed by atoms with Crippen LogP contribution in [0.4, 0.5) is 5.69 Å². The highest BCUT2D eigenvalue weighted by Gasteiger charge is 2.12. The van der Waals surface area contributed by atoms with Gasteiger partial charge in [0.1, 0.15) is 17.2 Å². The van der Waals surface area contributed by atoms with Crippen LogP contribution in [-0.2, 0) is 6.42 Å². The molecule has 0 aliphatic rings. The summed E-state index contributed by atoms with van der Waals surface area (Å²) in [5.41, 5.74) is 4.19. The second-order valence-electron chi connectivity index (χ2n) is 5.60. The van der Waals surface area contributed by atoms with Crippen molar-refractivity contribution in [2.45, 2.75) is 13.3 Å². The lowest BCUT2D eigenvalue weighted by atomic mass is 10.2. The Balaban J connectivity index is 1.55. The van der Waals surface area contributed by atoms with E-state index in [1.165, 1.54) is 0 Å². The number of pyridine rings is 1. The summed E-state index contributed by atoms with van der Waals surface area (Å²) in [5.74, 6) is 0.663. The third kappa shape index (κ3) is 2.99. The molecule has 0 radical (unpaired) electrons. The number of nitrogens with one attached hydrogen (secondary N) is 3. The third-order valence-electron chi connectivity index (χ3n) is 3.87. The number of H-pyrrole nitrogens is 2. The van der Waals surface area contributed by atoms with Crippen LogP contribution in [0.25, 0.3) is 22.4 Å². The Morgan fingerprint density at radius 2 is 2.08 bits per heavy atom. The molecule has 0 spiro atoms. The average molecular weight is 332 g/mol. The minimum absolute atomic E-state index is 0.260. The van der Waals surface area contributed by atoms with Crippen LogP contribution < -0.4 is 5.32 Å². The lowest BCUT2D eigenvalue weighted by Crippen LogP contribution is -2.12. The van der Waals surface area contributed by atoms with Gasteiger partial charge in [-0.25, -0.2) is 4.98 Å². The van der Waals surface area contributed by atoms with Crippen molar-refractivity contribution < 1.29 is 4.79 Å². The first kappa shape index (κ1) is 15.1. The molecule has 1 amide bonds. The first-order valence-corrected chi connectivity index (χ1v) is 8.00. The summed E-state index contributed by atoms with van der Waals surface area (Å²) < 4.78 is 0. The van der Waals surface area contributed by atoms with Gasteiger partial charge in [0.2, 0.25) is 0 Å². The summed E-state index contributed by atoms with van der Waals surface area (Å²) in [6.45, 7) is 2.04. The highest BCUT2D eigenvalue weighted by Crippen LogP contribution is 2.19. The first-order chi connectivity index (χ1) is 12.2. The summed E-state index contributed by atoms with van der Waals surface area (Å²) >= 11 is 0. The Kier molecular flexibility index (Phi) is 3.74. The van der Waals surface area contributed by atoms with Crippen LogP contribution in [0.3, 0.4) is 0 Å². The van der Waals surface area contributed by atoms with Crippen molar-refractivity contribution in [2.75, 3.05) is 5.32 Å². The van der Waals surface area contributed by atoms with Crippen molar-refractivity contribution in [3.05, 3.63) is 60.2 Å². The minimum atomic E-state index is -0.260. The molecular weight excluding hydrogens is 316 g/mol. The van der Waals surface area contributed by atoms with E-state index in [9.17, 15) is 4.79 Å². The molecule has 0 saturated heterocycles. The number of imidazole rings is 1. The number of nitrogens with zero attached hydrogens (tertiary/aromatic N) is 3. The fourth-order valence-corrected chi connectivity index (χ4v) is 2.59. The van der Waals surface area contributed by atoms with Gasteiger partial charge >= 0.3 is 0 Å². The molecule has 25 heavy (non-hydrogen) atoms. The standard InChI is InChI=1S/C18H16N6O/c1-2-17-21-13-7-6-11(9-14(13)22-17)20-18(25)16-10-15(23-24-16)12-5-3-4-8-19-12/h3-10H,2H2,1H3,(H,20,25)(H,21,22)(H,23,24). The number of carbonyl (C=O) groups is 1. The van der Waals surface area contributed by atoms with Gasteiger partial charge in [0.25, 0.3) is 5.91 Å². The number of carbonyl (C=O) groups excluding carboxylic acids is 1. The molecule has 3 aromatic heterocycles. The number of amides is 1. The van der Waals surface area contributed by atoms with E-state index in [0.717, 1.165) is 23.3 Å². The Hall–Kier alpha value is -3.48. The quantitative estimate of drug-likeness (QED) is 0.534. The topological polar surface area (TPSA) is 99.3 Å². The van der Waals surface area contributed by atoms with Crippen LogP contribution in [0.1, 0.15) is 23.2 Å². The van der Waals surface area contributed by atoms with Crippen LogP contribution in [0.2, 0.25) is 0 Å². The van der Waals surface area contributed by atoms with Crippen molar-refractivity contribution in [3.63, 3.8) is 0 Å². The van der Waals surface area contributed by atoms with Crippen molar-refractivity contribution in [2.24, 2.45) is 0 Å². The van der Waals surface area contributed by atoms with E-state index in [2.05, 4.69) is 30.5 Å². The first-order valence-electron chi connectivity index (χ1n) is 8.00. The minimum Gasteiger partial charge on any atom is -0.342 e. The maximum Gasteiger partial charge on any atom is 0.273 e. The number of rotatable bonds is 4. The predicted octanol–water partition coefficient (Wildman–Crippen LogP) is 3.16. The molecule has 0 atom stereocenters. The highest BCUT2D eigenvalue weighted by atomic mass is 16.1. The monoisotopic (exact) mass is 332 g/mol. The SMILES string of the molecule is CCc1nc2ccc(NC(=O)c3cc(-c4ccccn4)n[nH]3)cc2[nH]1. The zero-order valence-corrected chi connectivity index (χ0v) is 13.6. The van der Waals surface area contributed by atoms with Crippen molar-refractivity contribution >= 4 is 22.6 Å². The van der Waals surface area contributed by atoms with Crippen LogP contribution in [0.5, 0.6) is 0 Å². The van der Waals surface area contributed by atoms with Gasteiger partial charge in [0, 0.05) is 18.3 Å². The van der Waals surface area contributed by atoms with Gasteiger partial charge < -0.3 is 10.3 Å². The number of hydrogen-bond donors (Lipinski definition) is 3. The molecule has 0 saturated carbocycles. The maximum absolute atomic E-state index is 12.4. The van der Waals surface area contributed by atoms with E-state index in [1.807, 2.05) is 43.3 Å². The van der Waals surface area contributed by atoms with E-state index >= 15 is 0 Å². The average Bonchev–Trinajstić information content (AvgIpc) is 3.29. The van der Waals surface area contributed by atoms with Gasteiger partial charge in [-0.3, -0.25) is 14.9 Å². The normalized spacial score (nSPS) is 10.9. The molecule has 7 nitrogen and oxygen atoms in total. The lowest BCUT2D eigenvalue weighted by molar-refractivity contribution is 0.102. The molecule has 4 aromatic rings. The number of aryl methyl sites for hydroxylation is 1. The van der Waals surface area contributed by atoms with Gasteiger partial charge in [0.05, 0.1) is 16.7 Å². The Bertz CT molecular complexity index is 1030. The molecule has 1 aromatic carbocycles. The van der Waals surface area contributed by atoms with E-state index in [-0.39, 0.29) is 5.91 Å². The molecule has 124 valence electrons. The van der Waals surface area contributed by atoms with Crippen LogP contribution in [0, 0.1) is 0 Å². The van der Waals surface area contributed by atoms with Gasteiger partial charge in [-0.2, -0.15) is 5.10 Å². The second-order valence-corrected chi connectivity index (χ2v) is 5.60. The van der Waals surface area contributed by atoms with Gasteiger partial charge in [-0.15, -0.1) is 0 Å². The smallest absolute Gasteiger partial charge is 0.273 e. The molecule has 0 fully saturated rings. The van der Waals surface area contributed by atoms with Gasteiger partial charge in [-0.1, -0.05) is 13.0 Å². The fourth-order valence-electron chi connectivity index (χ4n) is 2.59. The van der Waals surface area contributed by atoms with Gasteiger partial charge in [-0.05, 0) is 36.4 Å². The fraction of sp³-hybridized carbons (Fsp3) is 0.111. The maximum atomic E-state index is 12.4. The van der Waals surface area contributed by atoms with Crippen molar-refractivity contribution in [3.8, 4) is 11.4 Å². The zero-order valence-electron chi connectivity index (χ0n) is 13.6. The number of benzene rings is 1. The summed E-state index contributed by atoms with van der Waals surface area (Å²) in [7, 11) is 0. The summed E-state index contributed by atoms with van der Waals surface area (Å²) in [5, 5.41) is 9.77. The third-order valence-corrected chi connectivity index (χ3v) is 3.87. The Morgan fingerprint density at radius 3 is 2.88 bits per heavy atom. The molecule has 0 bridgehead atoms. The van der Waals surface area contributed by atoms with Crippen molar-refractivity contribution in [1.82, 2.24) is 25.1 Å². The number of aromatic amines is 2. The number of anilines is 1. The van der Waals surface area contributed by atoms with E-state index in [0.29, 0.717) is 22.8 Å². The zero-order chi connectivity index (χ0) is 17.2. The summed E-state index contributed by atoms with van der Waals surface area (Å²) in [6, 6.07) is 12.8. The molecule has 4 rings (SSSR count). The van der Waals surface area contributed by atoms with Crippen LogP contribution in [0.15, 0.2) is 48.7 Å². The largest absolute Gasteiger partial charge is 0.342 e. The predicted molar refractivity (Wildman–Crippen MR) is 95.2 cm³/mol. The molecule has 0 unspecified atom stereocenters. The van der Waals surface area contributed by atoms with E-state index < -0.39 is 0 Å². The lowest BCUT2D eigenvalue weighted by Gasteiger charge is -2.03. The Labute approximate surface area is 143 Å². The second kappa shape index (κ2) is 6.20. The molecule has 0 aliphatic heterocycles. The van der Waals surface area contributed by atoms with Crippen LogP contribution in [-0.4, -0.2) is 31.1 Å².